The van der Waals surface area contributed by atoms with Gasteiger partial charge in [-0.3, -0.25) is 4.79 Å². The molecule has 0 aliphatic heterocycles. The van der Waals surface area contributed by atoms with Gasteiger partial charge in [0.2, 0.25) is 0 Å². The molecule has 0 aliphatic rings. The van der Waals surface area contributed by atoms with Crippen molar-refractivity contribution in [2.45, 2.75) is 13.0 Å². The molecule has 0 fully saturated rings. The number of nitrogens with one attached hydrogen (secondary N) is 1. The summed E-state index contributed by atoms with van der Waals surface area (Å²) < 4.78 is 0. The van der Waals surface area contributed by atoms with Crippen LogP contribution in [0.1, 0.15) is 17.3 Å². The summed E-state index contributed by atoms with van der Waals surface area (Å²) in [6, 6.07) is 8.89. The highest BCUT2D eigenvalue weighted by atomic mass is 16.3. The molecule has 1 unspecified atom stereocenters. The third-order valence-electron chi connectivity index (χ3n) is 2.01. The van der Waals surface area contributed by atoms with Crippen LogP contribution in [0, 0.1) is 0 Å². The van der Waals surface area contributed by atoms with E-state index in [1.165, 1.54) is 0 Å². The van der Waals surface area contributed by atoms with Crippen LogP contribution in [0.2, 0.25) is 0 Å². The molecular weight excluding hydrogens is 178 g/mol. The molecule has 0 heterocycles. The number of ketones is 1. The van der Waals surface area contributed by atoms with Crippen LogP contribution in [-0.2, 0) is 0 Å². The van der Waals surface area contributed by atoms with E-state index in [1.807, 2.05) is 18.2 Å². The Bertz CT molecular complexity index is 285. The summed E-state index contributed by atoms with van der Waals surface area (Å²) in [4.78, 5) is 11.7. The summed E-state index contributed by atoms with van der Waals surface area (Å²) in [5.41, 5.74) is 0.699. The maximum Gasteiger partial charge on any atom is 0.179 e. The van der Waals surface area contributed by atoms with Crippen molar-refractivity contribution in [2.24, 2.45) is 0 Å². The number of Topliss-reactive ketones (excluding diaryl/α,β-unsaturated/α-hetero) is 1. The topological polar surface area (TPSA) is 49.3 Å². The summed E-state index contributed by atoms with van der Waals surface area (Å²) in [6.07, 6.45) is 0. The Morgan fingerprint density at radius 1 is 1.43 bits per heavy atom. The van der Waals surface area contributed by atoms with Crippen molar-refractivity contribution in [2.75, 3.05) is 13.2 Å². The quantitative estimate of drug-likeness (QED) is 0.681. The van der Waals surface area contributed by atoms with Crippen LogP contribution in [0.4, 0.5) is 0 Å². The van der Waals surface area contributed by atoms with Gasteiger partial charge in [-0.2, -0.15) is 0 Å². The third kappa shape index (κ3) is 2.94. The van der Waals surface area contributed by atoms with Gasteiger partial charge < -0.3 is 10.4 Å². The molecule has 14 heavy (non-hydrogen) atoms. The second kappa shape index (κ2) is 5.52. The minimum absolute atomic E-state index is 0.0480. The van der Waals surface area contributed by atoms with Gasteiger partial charge in [-0.1, -0.05) is 30.3 Å². The number of hydrogen-bond donors (Lipinski definition) is 2. The standard InChI is InChI=1S/C11H15NO2/c1-9(12-7-8-13)11(14)10-5-3-2-4-6-10/h2-6,9,12-13H,7-8H2,1H3. The Hall–Kier alpha value is -1.19. The fourth-order valence-corrected chi connectivity index (χ4v) is 1.23. The Kier molecular flexibility index (Phi) is 4.29. The Morgan fingerprint density at radius 2 is 2.07 bits per heavy atom. The fourth-order valence-electron chi connectivity index (χ4n) is 1.23. The smallest absolute Gasteiger partial charge is 0.179 e. The molecule has 3 heteroatoms. The minimum atomic E-state index is -0.246. The van der Waals surface area contributed by atoms with Gasteiger partial charge in [-0.05, 0) is 6.92 Å². The molecule has 0 saturated heterocycles. The van der Waals surface area contributed by atoms with E-state index in [2.05, 4.69) is 5.32 Å². The summed E-state index contributed by atoms with van der Waals surface area (Å²) >= 11 is 0. The zero-order valence-electron chi connectivity index (χ0n) is 8.23. The van der Waals surface area contributed by atoms with Crippen molar-refractivity contribution in [1.29, 1.82) is 0 Å². The average Bonchev–Trinajstić information content (AvgIpc) is 2.26. The van der Waals surface area contributed by atoms with Crippen molar-refractivity contribution in [3.8, 4) is 0 Å². The summed E-state index contributed by atoms with van der Waals surface area (Å²) in [5, 5.41) is 11.5. The molecular formula is C11H15NO2. The number of aliphatic hydroxyl groups excluding tert-OH is 1. The molecule has 1 aromatic carbocycles. The Morgan fingerprint density at radius 3 is 2.64 bits per heavy atom. The zero-order chi connectivity index (χ0) is 10.4. The Balaban J connectivity index is 2.57. The summed E-state index contributed by atoms with van der Waals surface area (Å²) in [7, 11) is 0. The largest absolute Gasteiger partial charge is 0.395 e. The first-order chi connectivity index (χ1) is 6.75. The third-order valence-corrected chi connectivity index (χ3v) is 2.01. The molecule has 0 aromatic heterocycles. The van der Waals surface area contributed by atoms with E-state index in [-0.39, 0.29) is 18.4 Å². The SMILES string of the molecule is CC(NCCO)C(=O)c1ccccc1. The van der Waals surface area contributed by atoms with Crippen LogP contribution >= 0.6 is 0 Å². The van der Waals surface area contributed by atoms with Crippen LogP contribution in [0.5, 0.6) is 0 Å². The highest BCUT2D eigenvalue weighted by Gasteiger charge is 2.12. The molecule has 3 nitrogen and oxygen atoms in total. The van der Waals surface area contributed by atoms with Crippen molar-refractivity contribution in [3.63, 3.8) is 0 Å². The van der Waals surface area contributed by atoms with Crippen molar-refractivity contribution in [1.82, 2.24) is 5.32 Å². The van der Waals surface area contributed by atoms with Crippen LogP contribution in [0.3, 0.4) is 0 Å². The van der Waals surface area contributed by atoms with Crippen molar-refractivity contribution in [3.05, 3.63) is 35.9 Å². The minimum Gasteiger partial charge on any atom is -0.395 e. The van der Waals surface area contributed by atoms with Crippen LogP contribution in [-0.4, -0.2) is 30.1 Å². The van der Waals surface area contributed by atoms with E-state index in [9.17, 15) is 4.79 Å². The molecule has 0 amide bonds. The number of carbonyl (C=O) groups excluding carboxylic acids is 1. The first kappa shape index (κ1) is 10.9. The van der Waals surface area contributed by atoms with Crippen molar-refractivity contribution < 1.29 is 9.90 Å². The average molecular weight is 193 g/mol. The van der Waals surface area contributed by atoms with Crippen molar-refractivity contribution >= 4 is 5.78 Å². The molecule has 0 spiro atoms. The van der Waals surface area contributed by atoms with E-state index in [0.29, 0.717) is 12.1 Å². The molecule has 2 N–H and O–H groups in total. The lowest BCUT2D eigenvalue weighted by Gasteiger charge is -2.11. The predicted octanol–water partition coefficient (Wildman–Crippen LogP) is 0.840. The van der Waals surface area contributed by atoms with Crippen LogP contribution < -0.4 is 5.32 Å². The van der Waals surface area contributed by atoms with Gasteiger partial charge in [0, 0.05) is 12.1 Å². The number of rotatable bonds is 5. The number of carbonyl (C=O) groups is 1. The number of benzene rings is 1. The molecule has 0 saturated carbocycles. The second-order valence-corrected chi connectivity index (χ2v) is 3.13. The van der Waals surface area contributed by atoms with Gasteiger partial charge in [0.25, 0.3) is 0 Å². The van der Waals surface area contributed by atoms with Gasteiger partial charge in [0.15, 0.2) is 5.78 Å². The molecule has 0 aliphatic carbocycles. The van der Waals surface area contributed by atoms with E-state index < -0.39 is 0 Å². The van der Waals surface area contributed by atoms with E-state index in [1.54, 1.807) is 19.1 Å². The predicted molar refractivity (Wildman–Crippen MR) is 55.3 cm³/mol. The van der Waals surface area contributed by atoms with Gasteiger partial charge in [0.05, 0.1) is 12.6 Å². The van der Waals surface area contributed by atoms with Gasteiger partial charge in [-0.25, -0.2) is 0 Å². The molecule has 0 bridgehead atoms. The first-order valence-corrected chi connectivity index (χ1v) is 4.69. The van der Waals surface area contributed by atoms with Crippen LogP contribution in [0.15, 0.2) is 30.3 Å². The maximum atomic E-state index is 11.7. The maximum absolute atomic E-state index is 11.7. The normalized spacial score (nSPS) is 12.4. The van der Waals surface area contributed by atoms with Gasteiger partial charge in [0.1, 0.15) is 0 Å². The second-order valence-electron chi connectivity index (χ2n) is 3.13. The lowest BCUT2D eigenvalue weighted by atomic mass is 10.1. The number of aliphatic hydroxyl groups is 1. The number of hydrogen-bond acceptors (Lipinski definition) is 3. The van der Waals surface area contributed by atoms with Gasteiger partial charge >= 0.3 is 0 Å². The van der Waals surface area contributed by atoms with E-state index in [0.717, 1.165) is 0 Å². The van der Waals surface area contributed by atoms with Gasteiger partial charge in [-0.15, -0.1) is 0 Å². The molecule has 1 atom stereocenters. The molecule has 0 radical (unpaired) electrons. The monoisotopic (exact) mass is 193 g/mol. The summed E-state index contributed by atoms with van der Waals surface area (Å²) in [6.45, 7) is 2.29. The van der Waals surface area contributed by atoms with E-state index in [4.69, 9.17) is 5.11 Å². The highest BCUT2D eigenvalue weighted by molar-refractivity contribution is 5.99. The molecule has 1 rings (SSSR count). The van der Waals surface area contributed by atoms with Crippen LogP contribution in [0.25, 0.3) is 0 Å². The zero-order valence-corrected chi connectivity index (χ0v) is 8.23. The lowest BCUT2D eigenvalue weighted by molar-refractivity contribution is 0.0948. The summed E-state index contributed by atoms with van der Waals surface area (Å²) in [5.74, 6) is 0.0547. The Labute approximate surface area is 83.8 Å². The molecule has 76 valence electrons. The first-order valence-electron chi connectivity index (χ1n) is 4.69. The molecule has 1 aromatic rings. The fraction of sp³-hybridized carbons (Fsp3) is 0.364. The lowest BCUT2D eigenvalue weighted by Crippen LogP contribution is -2.35. The highest BCUT2D eigenvalue weighted by Crippen LogP contribution is 2.02. The van der Waals surface area contributed by atoms with E-state index >= 15 is 0 Å².